The van der Waals surface area contributed by atoms with E-state index in [1.807, 2.05) is 0 Å². The molecule has 4 rings (SSSR count). The van der Waals surface area contributed by atoms with Crippen LogP contribution in [0.4, 0.5) is 0 Å². The largest absolute Gasteiger partial charge is 0.330 e. The van der Waals surface area contributed by atoms with Gasteiger partial charge in [-0.1, -0.05) is 19.3 Å². The summed E-state index contributed by atoms with van der Waals surface area (Å²) in [6.07, 6.45) is 15.0. The van der Waals surface area contributed by atoms with Gasteiger partial charge in [0.2, 0.25) is 0 Å². The number of nitrogens with two attached hydrogens (primary N) is 1. The lowest BCUT2D eigenvalue weighted by molar-refractivity contribution is -0.0404. The quantitative estimate of drug-likeness (QED) is 0.713. The van der Waals surface area contributed by atoms with Gasteiger partial charge in [0.1, 0.15) is 0 Å². The molecule has 0 amide bonds. The molecular weight excluding hydrogens is 242 g/mol. The molecule has 0 heterocycles. The number of hydrogen-bond donors (Lipinski definition) is 1. The van der Waals surface area contributed by atoms with E-state index in [9.17, 15) is 0 Å². The van der Waals surface area contributed by atoms with Crippen LogP contribution in [0.2, 0.25) is 0 Å². The standard InChI is InChI=1S/C16H29N.ClH/c17-6-4-2-1-3-5-16-14-8-12-7-13(10-14)11-15(16)9-12;/h12-16H,1-11,17H2;1H. The van der Waals surface area contributed by atoms with E-state index in [0.717, 1.165) is 36.1 Å². The second-order valence-corrected chi connectivity index (χ2v) is 7.09. The van der Waals surface area contributed by atoms with Crippen LogP contribution in [0.1, 0.15) is 64.2 Å². The van der Waals surface area contributed by atoms with Crippen molar-refractivity contribution in [3.8, 4) is 0 Å². The SMILES string of the molecule is Cl.NCCCCCCC1C2CC3CC(C2)CC1C3. The van der Waals surface area contributed by atoms with Crippen LogP contribution in [0.15, 0.2) is 0 Å². The lowest BCUT2D eigenvalue weighted by atomic mass is 9.51. The summed E-state index contributed by atoms with van der Waals surface area (Å²) in [5.74, 6) is 5.69. The Hall–Kier alpha value is 0.250. The van der Waals surface area contributed by atoms with Gasteiger partial charge in [-0.05, 0) is 81.1 Å². The maximum atomic E-state index is 5.55. The average Bonchev–Trinajstić information content (AvgIpc) is 2.31. The van der Waals surface area contributed by atoms with Crippen LogP contribution in [0, 0.1) is 29.6 Å². The van der Waals surface area contributed by atoms with Crippen LogP contribution in [0.25, 0.3) is 0 Å². The van der Waals surface area contributed by atoms with Gasteiger partial charge in [0.25, 0.3) is 0 Å². The summed E-state index contributed by atoms with van der Waals surface area (Å²) in [4.78, 5) is 0. The highest BCUT2D eigenvalue weighted by Gasteiger charge is 2.47. The molecule has 18 heavy (non-hydrogen) atoms. The van der Waals surface area contributed by atoms with Crippen molar-refractivity contribution in [2.45, 2.75) is 64.2 Å². The fourth-order valence-corrected chi connectivity index (χ4v) is 5.39. The van der Waals surface area contributed by atoms with E-state index in [4.69, 9.17) is 5.73 Å². The molecule has 0 aromatic heterocycles. The molecule has 4 fully saturated rings. The molecule has 0 atom stereocenters. The molecule has 1 nitrogen and oxygen atoms in total. The molecule has 4 aliphatic rings. The van der Waals surface area contributed by atoms with Crippen molar-refractivity contribution in [3.05, 3.63) is 0 Å². The minimum absolute atomic E-state index is 0. The second-order valence-electron chi connectivity index (χ2n) is 7.09. The van der Waals surface area contributed by atoms with Crippen LogP contribution < -0.4 is 5.73 Å². The maximum Gasteiger partial charge on any atom is -0.00773 e. The van der Waals surface area contributed by atoms with Gasteiger partial charge in [-0.25, -0.2) is 0 Å². The predicted octanol–water partition coefficient (Wildman–Crippen LogP) is 4.39. The highest BCUT2D eigenvalue weighted by atomic mass is 35.5. The molecule has 0 radical (unpaired) electrons. The zero-order chi connectivity index (χ0) is 11.7. The third kappa shape index (κ3) is 3.04. The normalized spacial score (nSPS) is 40.8. The zero-order valence-corrected chi connectivity index (χ0v) is 12.5. The van der Waals surface area contributed by atoms with E-state index in [2.05, 4.69) is 0 Å². The summed E-state index contributed by atoms with van der Waals surface area (Å²) < 4.78 is 0. The van der Waals surface area contributed by atoms with Gasteiger partial charge < -0.3 is 5.73 Å². The first-order valence-corrected chi connectivity index (χ1v) is 8.07. The molecule has 0 spiro atoms. The Morgan fingerprint density at radius 1 is 0.722 bits per heavy atom. The molecular formula is C16H30ClN. The van der Waals surface area contributed by atoms with Crippen molar-refractivity contribution >= 4 is 12.4 Å². The Kier molecular flexibility index (Phi) is 5.38. The molecule has 2 heteroatoms. The number of rotatable bonds is 6. The summed E-state index contributed by atoms with van der Waals surface area (Å²) in [6, 6.07) is 0. The topological polar surface area (TPSA) is 26.0 Å². The van der Waals surface area contributed by atoms with Gasteiger partial charge in [0.05, 0.1) is 0 Å². The van der Waals surface area contributed by atoms with E-state index in [-0.39, 0.29) is 12.4 Å². The van der Waals surface area contributed by atoms with Crippen LogP contribution in [0.3, 0.4) is 0 Å². The van der Waals surface area contributed by atoms with Gasteiger partial charge >= 0.3 is 0 Å². The zero-order valence-electron chi connectivity index (χ0n) is 11.7. The molecule has 2 N–H and O–H groups in total. The highest BCUT2D eigenvalue weighted by molar-refractivity contribution is 5.85. The monoisotopic (exact) mass is 271 g/mol. The third-order valence-electron chi connectivity index (χ3n) is 5.91. The molecule has 0 aliphatic heterocycles. The van der Waals surface area contributed by atoms with Crippen LogP contribution in [0.5, 0.6) is 0 Å². The van der Waals surface area contributed by atoms with Gasteiger partial charge in [-0.2, -0.15) is 0 Å². The average molecular weight is 272 g/mol. The van der Waals surface area contributed by atoms with Gasteiger partial charge in [0.15, 0.2) is 0 Å². The second kappa shape index (κ2) is 6.61. The lowest BCUT2D eigenvalue weighted by Gasteiger charge is -2.54. The Bertz CT molecular complexity index is 225. The fourth-order valence-electron chi connectivity index (χ4n) is 5.39. The molecule has 0 saturated heterocycles. The van der Waals surface area contributed by atoms with Gasteiger partial charge in [0, 0.05) is 0 Å². The molecule has 4 saturated carbocycles. The fraction of sp³-hybridized carbons (Fsp3) is 1.00. The lowest BCUT2D eigenvalue weighted by Crippen LogP contribution is -2.44. The maximum absolute atomic E-state index is 5.55. The van der Waals surface area contributed by atoms with Crippen molar-refractivity contribution in [2.24, 2.45) is 35.3 Å². The smallest absolute Gasteiger partial charge is 0.00773 e. The summed E-state index contributed by atoms with van der Waals surface area (Å²) in [7, 11) is 0. The minimum Gasteiger partial charge on any atom is -0.330 e. The molecule has 106 valence electrons. The van der Waals surface area contributed by atoms with Crippen molar-refractivity contribution in [1.29, 1.82) is 0 Å². The number of halogens is 1. The predicted molar refractivity (Wildman–Crippen MR) is 79.9 cm³/mol. The Balaban J connectivity index is 0.00000120. The third-order valence-corrected chi connectivity index (χ3v) is 5.91. The summed E-state index contributed by atoms with van der Waals surface area (Å²) in [6.45, 7) is 0.887. The van der Waals surface area contributed by atoms with Crippen molar-refractivity contribution in [2.75, 3.05) is 6.54 Å². The first-order chi connectivity index (χ1) is 8.36. The first kappa shape index (κ1) is 14.7. The van der Waals surface area contributed by atoms with Crippen LogP contribution >= 0.6 is 12.4 Å². The van der Waals surface area contributed by atoms with Crippen LogP contribution in [-0.4, -0.2) is 6.54 Å². The van der Waals surface area contributed by atoms with Crippen LogP contribution in [-0.2, 0) is 0 Å². The Morgan fingerprint density at radius 2 is 1.28 bits per heavy atom. The highest BCUT2D eigenvalue weighted by Crippen LogP contribution is 2.57. The van der Waals surface area contributed by atoms with Crippen molar-refractivity contribution < 1.29 is 0 Å². The molecule has 0 aromatic carbocycles. The van der Waals surface area contributed by atoms with Crippen molar-refractivity contribution in [1.82, 2.24) is 0 Å². The Labute approximate surface area is 119 Å². The summed E-state index contributed by atoms with van der Waals surface area (Å²) >= 11 is 0. The van der Waals surface area contributed by atoms with Gasteiger partial charge in [-0.15, -0.1) is 12.4 Å². The minimum atomic E-state index is 0. The molecule has 4 aliphatic carbocycles. The van der Waals surface area contributed by atoms with E-state index >= 15 is 0 Å². The number of hydrogen-bond acceptors (Lipinski definition) is 1. The van der Waals surface area contributed by atoms with E-state index in [1.165, 1.54) is 25.7 Å². The molecule has 0 unspecified atom stereocenters. The van der Waals surface area contributed by atoms with E-state index in [0.29, 0.717) is 0 Å². The summed E-state index contributed by atoms with van der Waals surface area (Å²) in [5.41, 5.74) is 5.55. The number of unbranched alkanes of at least 4 members (excludes halogenated alkanes) is 3. The van der Waals surface area contributed by atoms with Crippen molar-refractivity contribution in [3.63, 3.8) is 0 Å². The van der Waals surface area contributed by atoms with E-state index in [1.54, 1.807) is 38.5 Å². The molecule has 0 aromatic rings. The first-order valence-electron chi connectivity index (χ1n) is 8.07. The van der Waals surface area contributed by atoms with E-state index < -0.39 is 0 Å². The Morgan fingerprint density at radius 3 is 1.83 bits per heavy atom. The van der Waals surface area contributed by atoms with Gasteiger partial charge in [-0.3, -0.25) is 0 Å². The summed E-state index contributed by atoms with van der Waals surface area (Å²) in [5, 5.41) is 0. The molecule has 4 bridgehead atoms.